The molecule has 1 aromatic rings. The fraction of sp³-hybridized carbons (Fsp3) is 0.417. The quantitative estimate of drug-likeness (QED) is 0.276. The molecule has 8 nitrogen and oxygen atoms in total. The lowest BCUT2D eigenvalue weighted by molar-refractivity contribution is -0.384. The molecule has 1 heterocycles. The van der Waals surface area contributed by atoms with Gasteiger partial charge in [-0.3, -0.25) is 15.5 Å². The Morgan fingerprint density at radius 2 is 2.00 bits per heavy atom. The molecule has 114 valence electrons. The fourth-order valence-corrected chi connectivity index (χ4v) is 2.88. The van der Waals surface area contributed by atoms with Crippen LogP contribution in [0.5, 0.6) is 0 Å². The van der Waals surface area contributed by atoms with Gasteiger partial charge in [-0.1, -0.05) is 0 Å². The van der Waals surface area contributed by atoms with Gasteiger partial charge in [0.15, 0.2) is 0 Å². The summed E-state index contributed by atoms with van der Waals surface area (Å²) < 4.78 is 13.2. The lowest BCUT2D eigenvalue weighted by atomic mass is 10.1. The number of nitro groups is 1. The van der Waals surface area contributed by atoms with Crippen LogP contribution in [0.15, 0.2) is 18.2 Å². The van der Waals surface area contributed by atoms with Gasteiger partial charge in [0.05, 0.1) is 15.9 Å². The second kappa shape index (κ2) is 6.19. The van der Waals surface area contributed by atoms with Gasteiger partial charge in [0.2, 0.25) is 0 Å². The monoisotopic (exact) mass is 311 g/mol. The van der Waals surface area contributed by atoms with Gasteiger partial charge < -0.3 is 10.6 Å². The molecule has 1 aliphatic heterocycles. The van der Waals surface area contributed by atoms with Crippen molar-refractivity contribution < 1.29 is 9.13 Å². The Morgan fingerprint density at radius 3 is 2.52 bits per heavy atom. The maximum atomic E-state index is 11.4. The number of anilines is 1. The molecular formula is C12H17N5O3S. The molecule has 21 heavy (non-hydrogen) atoms. The molecule has 2 rings (SSSR count). The summed E-state index contributed by atoms with van der Waals surface area (Å²) >= 11 is 0. The van der Waals surface area contributed by atoms with Crippen LogP contribution in [0.2, 0.25) is 0 Å². The Morgan fingerprint density at radius 1 is 1.38 bits per heavy atom. The number of nitrogens with zero attached hydrogens (tertiary/aromatic N) is 3. The Hall–Kier alpha value is -2.00. The van der Waals surface area contributed by atoms with E-state index in [0.29, 0.717) is 37.4 Å². The van der Waals surface area contributed by atoms with Crippen molar-refractivity contribution in [2.24, 2.45) is 0 Å². The number of hydrogen-bond donors (Lipinski definition) is 2. The minimum Gasteiger partial charge on any atom is -0.398 e. The Kier molecular flexibility index (Phi) is 4.53. The van der Waals surface area contributed by atoms with Crippen LogP contribution in [0.3, 0.4) is 0 Å². The van der Waals surface area contributed by atoms with Gasteiger partial charge in [0.1, 0.15) is 5.84 Å². The number of piperazine rings is 1. The molecule has 0 radical (unpaired) electrons. The smallest absolute Gasteiger partial charge is 0.270 e. The maximum Gasteiger partial charge on any atom is 0.270 e. The number of benzene rings is 1. The molecule has 0 amide bonds. The zero-order valence-corrected chi connectivity index (χ0v) is 12.4. The molecule has 1 aromatic carbocycles. The predicted octanol–water partition coefficient (Wildman–Crippen LogP) is 0.413. The van der Waals surface area contributed by atoms with E-state index in [1.165, 1.54) is 18.2 Å². The topological polar surface area (TPSA) is 117 Å². The van der Waals surface area contributed by atoms with Crippen molar-refractivity contribution >= 4 is 28.2 Å². The lowest BCUT2D eigenvalue weighted by Gasteiger charge is -2.34. The number of hydrogen-bond acceptors (Lipinski definition) is 5. The van der Waals surface area contributed by atoms with Crippen molar-refractivity contribution in [2.45, 2.75) is 0 Å². The number of nitro benzene ring substituents is 1. The van der Waals surface area contributed by atoms with E-state index in [1.807, 2.05) is 4.31 Å². The lowest BCUT2D eigenvalue weighted by Crippen LogP contribution is -2.49. The van der Waals surface area contributed by atoms with Crippen molar-refractivity contribution in [3.63, 3.8) is 0 Å². The van der Waals surface area contributed by atoms with Crippen molar-refractivity contribution in [2.75, 3.05) is 38.2 Å². The van der Waals surface area contributed by atoms with Crippen LogP contribution < -0.4 is 5.73 Å². The first-order valence-corrected chi connectivity index (χ1v) is 7.88. The van der Waals surface area contributed by atoms with Gasteiger partial charge in [-0.05, 0) is 6.07 Å². The SMILES string of the molecule is CS(=O)N1CCN(C(=N)c2cc([N+](=O)[O-])ccc2N)CC1. The molecular weight excluding hydrogens is 294 g/mol. The standard InChI is InChI=1S/C12H17N5O3S/c1-21(20)16-6-4-15(5-7-16)12(14)10-8-9(17(18)19)2-3-11(10)13/h2-3,8,14H,4-7,13H2,1H3. The third-order valence-corrected chi connectivity index (χ3v) is 4.51. The third kappa shape index (κ3) is 3.37. The minimum atomic E-state index is -1.02. The molecule has 0 bridgehead atoms. The van der Waals surface area contributed by atoms with Crippen LogP contribution in [-0.4, -0.2) is 56.6 Å². The van der Waals surface area contributed by atoms with Crippen LogP contribution in [-0.2, 0) is 11.0 Å². The molecule has 0 spiro atoms. The van der Waals surface area contributed by atoms with E-state index in [9.17, 15) is 14.3 Å². The minimum absolute atomic E-state index is 0.0859. The van der Waals surface area contributed by atoms with Crippen LogP contribution in [0.4, 0.5) is 11.4 Å². The summed E-state index contributed by atoms with van der Waals surface area (Å²) in [7, 11) is -1.02. The van der Waals surface area contributed by atoms with Gasteiger partial charge in [-0.15, -0.1) is 0 Å². The third-order valence-electron chi connectivity index (χ3n) is 3.42. The van der Waals surface area contributed by atoms with Crippen LogP contribution in [0.25, 0.3) is 0 Å². The first kappa shape index (κ1) is 15.4. The Balaban J connectivity index is 2.16. The Labute approximate surface area is 124 Å². The number of nitrogens with one attached hydrogen (secondary N) is 1. The van der Waals surface area contributed by atoms with Crippen LogP contribution >= 0.6 is 0 Å². The van der Waals surface area contributed by atoms with E-state index in [1.54, 1.807) is 11.2 Å². The van der Waals surface area contributed by atoms with Crippen molar-refractivity contribution in [3.8, 4) is 0 Å². The molecule has 1 fully saturated rings. The number of nitrogen functional groups attached to an aromatic ring is 1. The highest BCUT2D eigenvalue weighted by Gasteiger charge is 2.23. The highest BCUT2D eigenvalue weighted by molar-refractivity contribution is 7.81. The van der Waals surface area contributed by atoms with Crippen molar-refractivity contribution in [3.05, 3.63) is 33.9 Å². The number of amidine groups is 1. The van der Waals surface area contributed by atoms with E-state index < -0.39 is 15.9 Å². The largest absolute Gasteiger partial charge is 0.398 e. The summed E-state index contributed by atoms with van der Waals surface area (Å²) in [5.41, 5.74) is 6.43. The second-order valence-electron chi connectivity index (χ2n) is 4.72. The highest BCUT2D eigenvalue weighted by Crippen LogP contribution is 2.21. The predicted molar refractivity (Wildman–Crippen MR) is 81.5 cm³/mol. The van der Waals surface area contributed by atoms with E-state index >= 15 is 0 Å². The zero-order chi connectivity index (χ0) is 15.6. The summed E-state index contributed by atoms with van der Waals surface area (Å²) in [6.07, 6.45) is 1.62. The fourth-order valence-electron chi connectivity index (χ4n) is 2.20. The van der Waals surface area contributed by atoms with E-state index in [0.717, 1.165) is 0 Å². The summed E-state index contributed by atoms with van der Waals surface area (Å²) in [6.45, 7) is 2.25. The van der Waals surface area contributed by atoms with E-state index in [-0.39, 0.29) is 11.5 Å². The normalized spacial score (nSPS) is 17.5. The highest BCUT2D eigenvalue weighted by atomic mass is 32.2. The Bertz CT molecular complexity index is 599. The van der Waals surface area contributed by atoms with Gasteiger partial charge >= 0.3 is 0 Å². The molecule has 1 unspecified atom stereocenters. The van der Waals surface area contributed by atoms with Gasteiger partial charge in [-0.2, -0.15) is 0 Å². The number of nitrogens with two attached hydrogens (primary N) is 1. The summed E-state index contributed by atoms with van der Waals surface area (Å²) in [5.74, 6) is 0.165. The molecule has 1 atom stereocenters. The summed E-state index contributed by atoms with van der Waals surface area (Å²) in [6, 6.07) is 4.09. The maximum absolute atomic E-state index is 11.4. The summed E-state index contributed by atoms with van der Waals surface area (Å²) in [5, 5.41) is 19.0. The first-order chi connectivity index (χ1) is 9.90. The molecule has 1 aliphatic rings. The number of rotatable bonds is 3. The number of non-ortho nitro benzene ring substituents is 1. The van der Waals surface area contributed by atoms with Crippen LogP contribution in [0.1, 0.15) is 5.56 Å². The average Bonchev–Trinajstić information content (AvgIpc) is 2.47. The van der Waals surface area contributed by atoms with E-state index in [2.05, 4.69) is 0 Å². The molecule has 0 aliphatic carbocycles. The summed E-state index contributed by atoms with van der Waals surface area (Å²) in [4.78, 5) is 12.1. The molecule has 0 saturated carbocycles. The van der Waals surface area contributed by atoms with Gasteiger partial charge in [0, 0.05) is 55.8 Å². The van der Waals surface area contributed by atoms with Gasteiger partial charge in [-0.25, -0.2) is 8.51 Å². The second-order valence-corrected chi connectivity index (χ2v) is 6.08. The molecule has 3 N–H and O–H groups in total. The van der Waals surface area contributed by atoms with Gasteiger partial charge in [0.25, 0.3) is 5.69 Å². The van der Waals surface area contributed by atoms with Crippen molar-refractivity contribution in [1.29, 1.82) is 5.41 Å². The first-order valence-electron chi connectivity index (χ1n) is 6.36. The van der Waals surface area contributed by atoms with Crippen LogP contribution in [0, 0.1) is 15.5 Å². The van der Waals surface area contributed by atoms with Crippen molar-refractivity contribution in [1.82, 2.24) is 9.21 Å². The molecule has 1 saturated heterocycles. The molecule has 0 aromatic heterocycles. The van der Waals surface area contributed by atoms with E-state index in [4.69, 9.17) is 11.1 Å². The zero-order valence-electron chi connectivity index (χ0n) is 11.6. The molecule has 9 heteroatoms. The average molecular weight is 311 g/mol.